The highest BCUT2D eigenvalue weighted by Crippen LogP contribution is 2.25. The lowest BCUT2D eigenvalue weighted by Gasteiger charge is -2.10. The third-order valence-electron chi connectivity index (χ3n) is 2.61. The van der Waals surface area contributed by atoms with E-state index < -0.39 is 10.0 Å². The second kappa shape index (κ2) is 6.21. The lowest BCUT2D eigenvalue weighted by Crippen LogP contribution is -2.17. The summed E-state index contributed by atoms with van der Waals surface area (Å²) in [4.78, 5) is 5.16. The molecule has 0 spiro atoms. The van der Waals surface area contributed by atoms with Crippen LogP contribution < -0.4 is 10.0 Å². The quantitative estimate of drug-likeness (QED) is 0.842. The lowest BCUT2D eigenvalue weighted by atomic mass is 10.3. The second-order valence-electron chi connectivity index (χ2n) is 4.16. The van der Waals surface area contributed by atoms with E-state index in [1.54, 1.807) is 31.6 Å². The van der Waals surface area contributed by atoms with E-state index in [9.17, 15) is 8.42 Å². The molecule has 2 rings (SSSR count). The standard InChI is InChI=1S/C12H14BrN3O2S2/c1-8-5-9(13)6-15-12(8)16-20(17,18)11-3-4-19-10(11)7-14-2/h3-6,14H,7H2,1-2H3,(H,15,16). The van der Waals surface area contributed by atoms with Gasteiger partial charge in [0.15, 0.2) is 0 Å². The Hall–Kier alpha value is -0.960. The van der Waals surface area contributed by atoms with Crippen molar-refractivity contribution in [2.75, 3.05) is 11.8 Å². The van der Waals surface area contributed by atoms with Gasteiger partial charge in [0.2, 0.25) is 0 Å². The van der Waals surface area contributed by atoms with E-state index in [0.717, 1.165) is 14.9 Å². The fraction of sp³-hybridized carbons (Fsp3) is 0.250. The van der Waals surface area contributed by atoms with Crippen LogP contribution in [-0.4, -0.2) is 20.4 Å². The number of pyridine rings is 1. The van der Waals surface area contributed by atoms with Crippen molar-refractivity contribution in [1.29, 1.82) is 0 Å². The Bertz CT molecular complexity index is 713. The summed E-state index contributed by atoms with van der Waals surface area (Å²) in [5.41, 5.74) is 0.758. The van der Waals surface area contributed by atoms with Gasteiger partial charge in [0.25, 0.3) is 10.0 Å². The zero-order valence-corrected chi connectivity index (χ0v) is 14.2. The smallest absolute Gasteiger partial charge is 0.264 e. The molecule has 8 heteroatoms. The fourth-order valence-corrected chi connectivity index (χ4v) is 4.67. The van der Waals surface area contributed by atoms with Gasteiger partial charge in [0.05, 0.1) is 0 Å². The number of halogens is 1. The van der Waals surface area contributed by atoms with E-state index in [1.807, 2.05) is 6.07 Å². The van der Waals surface area contributed by atoms with E-state index in [4.69, 9.17) is 0 Å². The first kappa shape index (κ1) is 15.4. The van der Waals surface area contributed by atoms with E-state index in [0.29, 0.717) is 17.3 Å². The molecule has 2 N–H and O–H groups in total. The zero-order valence-electron chi connectivity index (χ0n) is 11.0. The summed E-state index contributed by atoms with van der Waals surface area (Å²) in [6.07, 6.45) is 1.56. The molecule has 0 saturated carbocycles. The third-order valence-corrected chi connectivity index (χ3v) is 5.51. The van der Waals surface area contributed by atoms with Crippen molar-refractivity contribution in [3.63, 3.8) is 0 Å². The van der Waals surface area contributed by atoms with Crippen molar-refractivity contribution in [2.45, 2.75) is 18.4 Å². The van der Waals surface area contributed by atoms with Crippen LogP contribution in [0.25, 0.3) is 0 Å². The van der Waals surface area contributed by atoms with Gasteiger partial charge >= 0.3 is 0 Å². The van der Waals surface area contributed by atoms with Gasteiger partial charge < -0.3 is 5.32 Å². The van der Waals surface area contributed by atoms with Crippen molar-refractivity contribution in [2.24, 2.45) is 0 Å². The topological polar surface area (TPSA) is 71.1 Å². The Balaban J connectivity index is 2.33. The molecular formula is C12H14BrN3O2S2. The molecule has 0 aliphatic heterocycles. The minimum absolute atomic E-state index is 0.293. The van der Waals surface area contributed by atoms with Crippen LogP contribution in [0.2, 0.25) is 0 Å². The normalized spacial score (nSPS) is 11.6. The summed E-state index contributed by atoms with van der Waals surface area (Å²) in [6.45, 7) is 2.32. The molecule has 2 aromatic rings. The molecule has 20 heavy (non-hydrogen) atoms. The SMILES string of the molecule is CNCc1sccc1S(=O)(=O)Nc1ncc(Br)cc1C. The van der Waals surface area contributed by atoms with Crippen molar-refractivity contribution in [3.8, 4) is 0 Å². The molecule has 2 heterocycles. The van der Waals surface area contributed by atoms with Crippen molar-refractivity contribution in [1.82, 2.24) is 10.3 Å². The lowest BCUT2D eigenvalue weighted by molar-refractivity contribution is 0.600. The molecular weight excluding hydrogens is 362 g/mol. The van der Waals surface area contributed by atoms with Gasteiger partial charge in [-0.2, -0.15) is 0 Å². The van der Waals surface area contributed by atoms with Crippen LogP contribution in [0.4, 0.5) is 5.82 Å². The number of rotatable bonds is 5. The van der Waals surface area contributed by atoms with Gasteiger partial charge in [-0.15, -0.1) is 11.3 Å². The van der Waals surface area contributed by atoms with Crippen LogP contribution in [-0.2, 0) is 16.6 Å². The van der Waals surface area contributed by atoms with E-state index in [2.05, 4.69) is 31.0 Å². The summed E-state index contributed by atoms with van der Waals surface area (Å²) in [5.74, 6) is 0.342. The Morgan fingerprint density at radius 1 is 1.45 bits per heavy atom. The number of nitrogens with zero attached hydrogens (tertiary/aromatic N) is 1. The predicted molar refractivity (Wildman–Crippen MR) is 84.6 cm³/mol. The van der Waals surface area contributed by atoms with Gasteiger partial charge in [-0.05, 0) is 53.0 Å². The molecule has 0 atom stereocenters. The Morgan fingerprint density at radius 3 is 2.85 bits per heavy atom. The number of anilines is 1. The van der Waals surface area contributed by atoms with Crippen molar-refractivity contribution in [3.05, 3.63) is 38.6 Å². The summed E-state index contributed by atoms with van der Waals surface area (Å²) in [6, 6.07) is 3.42. The summed E-state index contributed by atoms with van der Waals surface area (Å²) < 4.78 is 28.2. The molecule has 108 valence electrons. The molecule has 5 nitrogen and oxygen atoms in total. The van der Waals surface area contributed by atoms with Crippen molar-refractivity contribution < 1.29 is 8.42 Å². The fourth-order valence-electron chi connectivity index (χ4n) is 1.69. The highest BCUT2D eigenvalue weighted by Gasteiger charge is 2.20. The molecule has 0 aromatic carbocycles. The number of thiophene rings is 1. The summed E-state index contributed by atoms with van der Waals surface area (Å²) >= 11 is 4.71. The van der Waals surface area contributed by atoms with E-state index in [1.165, 1.54) is 11.3 Å². The number of hydrogen-bond acceptors (Lipinski definition) is 5. The van der Waals surface area contributed by atoms with Crippen LogP contribution in [0.3, 0.4) is 0 Å². The molecule has 0 radical (unpaired) electrons. The maximum atomic E-state index is 12.4. The molecule has 0 amide bonds. The number of nitrogens with one attached hydrogen (secondary N) is 2. The number of aryl methyl sites for hydroxylation is 1. The summed E-state index contributed by atoms with van der Waals surface area (Å²) in [7, 11) is -1.83. The van der Waals surface area contributed by atoms with Gasteiger partial charge in [-0.1, -0.05) is 0 Å². The molecule has 0 unspecified atom stereocenters. The maximum Gasteiger partial charge on any atom is 0.264 e. The number of sulfonamides is 1. The van der Waals surface area contributed by atoms with Crippen molar-refractivity contribution >= 4 is 43.1 Å². The van der Waals surface area contributed by atoms with E-state index >= 15 is 0 Å². The molecule has 0 saturated heterocycles. The minimum Gasteiger partial charge on any atom is -0.315 e. The van der Waals surface area contributed by atoms with Gasteiger partial charge in [-0.25, -0.2) is 13.4 Å². The van der Waals surface area contributed by atoms with Gasteiger partial charge in [0, 0.05) is 22.1 Å². The third kappa shape index (κ3) is 3.38. The van der Waals surface area contributed by atoms with Crippen LogP contribution in [0, 0.1) is 6.92 Å². The molecule has 2 aromatic heterocycles. The number of hydrogen-bond donors (Lipinski definition) is 2. The van der Waals surface area contributed by atoms with Crippen LogP contribution >= 0.6 is 27.3 Å². The monoisotopic (exact) mass is 375 g/mol. The first-order valence-corrected chi connectivity index (χ1v) is 8.95. The molecule has 0 aliphatic rings. The summed E-state index contributed by atoms with van der Waals surface area (Å²) in [5, 5.41) is 4.73. The second-order valence-corrected chi connectivity index (χ2v) is 7.73. The number of aromatic nitrogens is 1. The minimum atomic E-state index is -3.62. The predicted octanol–water partition coefficient (Wildman–Crippen LogP) is 2.73. The average Bonchev–Trinajstić information content (AvgIpc) is 2.82. The zero-order chi connectivity index (χ0) is 14.8. The van der Waals surface area contributed by atoms with E-state index in [-0.39, 0.29) is 0 Å². The molecule has 0 aliphatic carbocycles. The largest absolute Gasteiger partial charge is 0.315 e. The van der Waals surface area contributed by atoms with Crippen LogP contribution in [0.15, 0.2) is 33.1 Å². The molecule has 0 fully saturated rings. The van der Waals surface area contributed by atoms with Gasteiger partial charge in [0.1, 0.15) is 10.7 Å². The highest BCUT2D eigenvalue weighted by atomic mass is 79.9. The Kier molecular flexibility index (Phi) is 4.79. The van der Waals surface area contributed by atoms with Gasteiger partial charge in [-0.3, -0.25) is 4.72 Å². The maximum absolute atomic E-state index is 12.4. The van der Waals surface area contributed by atoms with Crippen LogP contribution in [0.1, 0.15) is 10.4 Å². The average molecular weight is 376 g/mol. The highest BCUT2D eigenvalue weighted by molar-refractivity contribution is 9.10. The Morgan fingerprint density at radius 2 is 2.20 bits per heavy atom. The molecule has 0 bridgehead atoms. The Labute approximate surface area is 130 Å². The van der Waals surface area contributed by atoms with Crippen LogP contribution in [0.5, 0.6) is 0 Å². The first-order valence-electron chi connectivity index (χ1n) is 5.80. The first-order chi connectivity index (χ1) is 9.44.